The highest BCUT2D eigenvalue weighted by Gasteiger charge is 2.16. The predicted molar refractivity (Wildman–Crippen MR) is 97.2 cm³/mol. The SMILES string of the molecule is CC(C)(C)CC(=N)c1cccc(-c2cnc3[nH]cc(C(=O)O)c3n2)c1. The lowest BCUT2D eigenvalue weighted by Gasteiger charge is -2.18. The van der Waals surface area contributed by atoms with Gasteiger partial charge in [0.2, 0.25) is 0 Å². The molecule has 6 nitrogen and oxygen atoms in total. The summed E-state index contributed by atoms with van der Waals surface area (Å²) >= 11 is 0. The highest BCUT2D eigenvalue weighted by molar-refractivity contribution is 6.01. The van der Waals surface area contributed by atoms with Crippen LogP contribution in [0.5, 0.6) is 0 Å². The first-order valence-corrected chi connectivity index (χ1v) is 8.00. The van der Waals surface area contributed by atoms with Gasteiger partial charge >= 0.3 is 5.97 Å². The maximum absolute atomic E-state index is 11.3. The normalized spacial score (nSPS) is 11.6. The van der Waals surface area contributed by atoms with Gasteiger partial charge in [-0.2, -0.15) is 0 Å². The molecular formula is C19H20N4O2. The second-order valence-electron chi connectivity index (χ2n) is 7.26. The number of aromatic nitrogens is 3. The topological polar surface area (TPSA) is 103 Å². The third kappa shape index (κ3) is 3.57. The van der Waals surface area contributed by atoms with Crippen molar-refractivity contribution in [3.63, 3.8) is 0 Å². The first kappa shape index (κ1) is 16.8. The number of carboxylic acids is 1. The molecule has 6 heteroatoms. The largest absolute Gasteiger partial charge is 0.478 e. The number of rotatable bonds is 4. The molecule has 3 N–H and O–H groups in total. The van der Waals surface area contributed by atoms with E-state index in [9.17, 15) is 9.90 Å². The van der Waals surface area contributed by atoms with Crippen LogP contribution in [-0.4, -0.2) is 31.7 Å². The zero-order valence-corrected chi connectivity index (χ0v) is 14.4. The van der Waals surface area contributed by atoms with Crippen molar-refractivity contribution in [1.29, 1.82) is 5.41 Å². The van der Waals surface area contributed by atoms with Crippen molar-refractivity contribution >= 4 is 22.8 Å². The van der Waals surface area contributed by atoms with E-state index in [1.807, 2.05) is 24.3 Å². The number of hydrogen-bond acceptors (Lipinski definition) is 4. The molecule has 2 heterocycles. The lowest BCUT2D eigenvalue weighted by atomic mass is 9.87. The van der Waals surface area contributed by atoms with Crippen LogP contribution in [0.15, 0.2) is 36.7 Å². The fourth-order valence-electron chi connectivity index (χ4n) is 2.69. The maximum Gasteiger partial charge on any atom is 0.339 e. The van der Waals surface area contributed by atoms with Crippen molar-refractivity contribution in [3.05, 3.63) is 47.8 Å². The molecule has 0 aliphatic heterocycles. The minimum Gasteiger partial charge on any atom is -0.478 e. The Morgan fingerprint density at radius 3 is 2.76 bits per heavy atom. The molecule has 2 aromatic heterocycles. The smallest absolute Gasteiger partial charge is 0.339 e. The van der Waals surface area contributed by atoms with E-state index in [1.165, 1.54) is 6.20 Å². The van der Waals surface area contributed by atoms with Crippen LogP contribution in [0.25, 0.3) is 22.4 Å². The Kier molecular flexibility index (Phi) is 4.12. The summed E-state index contributed by atoms with van der Waals surface area (Å²) in [5, 5.41) is 17.6. The van der Waals surface area contributed by atoms with E-state index in [1.54, 1.807) is 6.20 Å². The Balaban J connectivity index is 2.01. The number of fused-ring (bicyclic) bond motifs is 1. The third-order valence-electron chi connectivity index (χ3n) is 3.83. The van der Waals surface area contributed by atoms with Gasteiger partial charge in [-0.1, -0.05) is 39.0 Å². The third-order valence-corrected chi connectivity index (χ3v) is 3.83. The summed E-state index contributed by atoms with van der Waals surface area (Å²) in [4.78, 5) is 22.8. The Bertz CT molecular complexity index is 967. The molecule has 0 atom stereocenters. The number of nitrogens with zero attached hydrogens (tertiary/aromatic N) is 2. The van der Waals surface area contributed by atoms with Gasteiger partial charge < -0.3 is 15.5 Å². The molecule has 0 unspecified atom stereocenters. The van der Waals surface area contributed by atoms with Gasteiger partial charge in [0.25, 0.3) is 0 Å². The average molecular weight is 336 g/mol. The van der Waals surface area contributed by atoms with Gasteiger partial charge in [-0.3, -0.25) is 0 Å². The van der Waals surface area contributed by atoms with E-state index < -0.39 is 5.97 Å². The molecule has 3 rings (SSSR count). The molecule has 0 aliphatic carbocycles. The molecule has 0 saturated heterocycles. The summed E-state index contributed by atoms with van der Waals surface area (Å²) in [5.74, 6) is -1.04. The second kappa shape index (κ2) is 6.12. The number of hydrogen-bond donors (Lipinski definition) is 3. The van der Waals surface area contributed by atoms with E-state index in [0.29, 0.717) is 29.0 Å². The van der Waals surface area contributed by atoms with Crippen LogP contribution in [-0.2, 0) is 0 Å². The van der Waals surface area contributed by atoms with Crippen molar-refractivity contribution in [2.45, 2.75) is 27.2 Å². The molecule has 25 heavy (non-hydrogen) atoms. The highest BCUT2D eigenvalue weighted by Crippen LogP contribution is 2.25. The van der Waals surface area contributed by atoms with Gasteiger partial charge in [-0.25, -0.2) is 14.8 Å². The van der Waals surface area contributed by atoms with E-state index >= 15 is 0 Å². The lowest BCUT2D eigenvalue weighted by Crippen LogP contribution is -2.13. The Labute approximate surface area is 145 Å². The van der Waals surface area contributed by atoms with E-state index in [2.05, 4.69) is 35.7 Å². The Morgan fingerprint density at radius 2 is 2.08 bits per heavy atom. The van der Waals surface area contributed by atoms with Gasteiger partial charge in [0, 0.05) is 17.5 Å². The van der Waals surface area contributed by atoms with Crippen LogP contribution < -0.4 is 0 Å². The summed E-state index contributed by atoms with van der Waals surface area (Å²) in [5.41, 5.74) is 3.70. The number of benzene rings is 1. The van der Waals surface area contributed by atoms with Crippen molar-refractivity contribution in [2.24, 2.45) is 5.41 Å². The standard InChI is InChI=1S/C19H20N4O2/c1-19(2,3)8-14(20)11-5-4-6-12(7-11)15-10-22-17-16(23-15)13(9-21-17)18(24)25/h4-7,9-10,20H,8H2,1-3H3,(H,21,22)(H,24,25). The zero-order valence-electron chi connectivity index (χ0n) is 14.4. The van der Waals surface area contributed by atoms with Crippen LogP contribution in [0.3, 0.4) is 0 Å². The van der Waals surface area contributed by atoms with Crippen LogP contribution in [0.2, 0.25) is 0 Å². The molecule has 1 aromatic carbocycles. The summed E-state index contributed by atoms with van der Waals surface area (Å²) in [6.07, 6.45) is 3.67. The number of carboxylic acid groups (broad SMARTS) is 1. The zero-order chi connectivity index (χ0) is 18.2. The first-order chi connectivity index (χ1) is 11.7. The number of aromatic carboxylic acids is 1. The molecule has 0 radical (unpaired) electrons. The average Bonchev–Trinajstić information content (AvgIpc) is 2.96. The Hall–Kier alpha value is -3.02. The van der Waals surface area contributed by atoms with Crippen LogP contribution in [0.1, 0.15) is 43.1 Å². The molecular weight excluding hydrogens is 316 g/mol. The minimum absolute atomic E-state index is 0.0350. The predicted octanol–water partition coefficient (Wildman–Crippen LogP) is 4.13. The maximum atomic E-state index is 11.3. The van der Waals surface area contributed by atoms with E-state index in [-0.39, 0.29) is 11.0 Å². The van der Waals surface area contributed by atoms with Crippen LogP contribution in [0.4, 0.5) is 0 Å². The molecule has 0 amide bonds. The van der Waals surface area contributed by atoms with E-state index in [4.69, 9.17) is 5.41 Å². The van der Waals surface area contributed by atoms with Crippen LogP contribution in [0, 0.1) is 10.8 Å². The lowest BCUT2D eigenvalue weighted by molar-refractivity contribution is 0.0699. The molecule has 0 bridgehead atoms. The van der Waals surface area contributed by atoms with Gasteiger partial charge in [-0.05, 0) is 23.5 Å². The van der Waals surface area contributed by atoms with Gasteiger partial charge in [0.1, 0.15) is 11.1 Å². The van der Waals surface area contributed by atoms with Gasteiger partial charge in [0.15, 0.2) is 5.65 Å². The molecule has 0 aliphatic rings. The summed E-state index contributed by atoms with van der Waals surface area (Å²) in [6.45, 7) is 6.30. The monoisotopic (exact) mass is 336 g/mol. The fraction of sp³-hybridized carbons (Fsp3) is 0.263. The fourth-order valence-corrected chi connectivity index (χ4v) is 2.69. The van der Waals surface area contributed by atoms with Crippen molar-refractivity contribution in [2.75, 3.05) is 0 Å². The first-order valence-electron chi connectivity index (χ1n) is 8.00. The molecule has 128 valence electrons. The minimum atomic E-state index is -1.04. The number of H-pyrrole nitrogens is 1. The number of carbonyl (C=O) groups is 1. The number of aromatic amines is 1. The van der Waals surface area contributed by atoms with Gasteiger partial charge in [-0.15, -0.1) is 0 Å². The summed E-state index contributed by atoms with van der Waals surface area (Å²) in [6, 6.07) is 7.57. The van der Waals surface area contributed by atoms with Crippen molar-refractivity contribution in [1.82, 2.24) is 15.0 Å². The van der Waals surface area contributed by atoms with Gasteiger partial charge in [0.05, 0.1) is 11.9 Å². The highest BCUT2D eigenvalue weighted by atomic mass is 16.4. The van der Waals surface area contributed by atoms with Crippen LogP contribution >= 0.6 is 0 Å². The van der Waals surface area contributed by atoms with Crippen molar-refractivity contribution in [3.8, 4) is 11.3 Å². The molecule has 0 fully saturated rings. The Morgan fingerprint density at radius 1 is 1.32 bits per heavy atom. The second-order valence-corrected chi connectivity index (χ2v) is 7.26. The van der Waals surface area contributed by atoms with Crippen molar-refractivity contribution < 1.29 is 9.90 Å². The quantitative estimate of drug-likeness (QED) is 0.623. The van der Waals surface area contributed by atoms with E-state index in [0.717, 1.165) is 11.1 Å². The summed E-state index contributed by atoms with van der Waals surface area (Å²) < 4.78 is 0. The number of nitrogens with one attached hydrogen (secondary N) is 2. The molecule has 3 aromatic rings. The summed E-state index contributed by atoms with van der Waals surface area (Å²) in [7, 11) is 0. The molecule has 0 spiro atoms. The molecule has 0 saturated carbocycles.